The summed E-state index contributed by atoms with van der Waals surface area (Å²) in [5.74, 6) is 1.27. The third-order valence-electron chi connectivity index (χ3n) is 4.70. The molecule has 2 aliphatic rings. The number of hydrogen-bond acceptors (Lipinski definition) is 2. The molecule has 2 rings (SSSR count). The van der Waals surface area contributed by atoms with Crippen molar-refractivity contribution in [1.82, 2.24) is 10.2 Å². The second kappa shape index (κ2) is 7.28. The Bertz CT molecular complexity index is 276. The van der Waals surface area contributed by atoms with Gasteiger partial charge < -0.3 is 10.2 Å². The summed E-state index contributed by atoms with van der Waals surface area (Å²) < 4.78 is 0. The third kappa shape index (κ3) is 4.79. The quantitative estimate of drug-likeness (QED) is 0.848. The van der Waals surface area contributed by atoms with Gasteiger partial charge in [-0.05, 0) is 31.6 Å². The van der Waals surface area contributed by atoms with Crippen molar-refractivity contribution < 1.29 is 4.79 Å². The number of nitrogens with one attached hydrogen (secondary N) is 1. The molecule has 1 amide bonds. The predicted molar refractivity (Wildman–Crippen MR) is 79.0 cm³/mol. The molecule has 0 aromatic rings. The van der Waals surface area contributed by atoms with Crippen LogP contribution < -0.4 is 5.32 Å². The molecular weight excluding hydrogens is 236 g/mol. The van der Waals surface area contributed by atoms with Crippen molar-refractivity contribution in [3.8, 4) is 0 Å². The minimum atomic E-state index is 0.111. The highest BCUT2D eigenvalue weighted by Gasteiger charge is 2.24. The molecular formula is C16H30N2O. The average molecular weight is 266 g/mol. The average Bonchev–Trinajstić information content (AvgIpc) is 2.42. The molecule has 1 aliphatic carbocycles. The van der Waals surface area contributed by atoms with E-state index in [0.29, 0.717) is 6.04 Å². The van der Waals surface area contributed by atoms with Crippen molar-refractivity contribution >= 4 is 5.91 Å². The predicted octanol–water partition coefficient (Wildman–Crippen LogP) is 2.80. The van der Waals surface area contributed by atoms with Crippen LogP contribution in [0.2, 0.25) is 0 Å². The van der Waals surface area contributed by atoms with E-state index in [-0.39, 0.29) is 11.8 Å². The molecule has 1 saturated carbocycles. The maximum atomic E-state index is 11.7. The molecule has 19 heavy (non-hydrogen) atoms. The van der Waals surface area contributed by atoms with Gasteiger partial charge in [-0.3, -0.25) is 4.79 Å². The smallest absolute Gasteiger partial charge is 0.222 e. The number of rotatable bonds is 4. The molecule has 0 atom stereocenters. The highest BCUT2D eigenvalue weighted by Crippen LogP contribution is 2.25. The minimum Gasteiger partial charge on any atom is -0.353 e. The van der Waals surface area contributed by atoms with Crippen LogP contribution in [0.25, 0.3) is 0 Å². The topological polar surface area (TPSA) is 32.3 Å². The van der Waals surface area contributed by atoms with Gasteiger partial charge in [0.2, 0.25) is 5.91 Å². The fourth-order valence-electron chi connectivity index (χ4n) is 3.36. The van der Waals surface area contributed by atoms with Gasteiger partial charge >= 0.3 is 0 Å². The van der Waals surface area contributed by atoms with Crippen LogP contribution >= 0.6 is 0 Å². The number of hydrogen-bond donors (Lipinski definition) is 1. The summed E-state index contributed by atoms with van der Waals surface area (Å²) in [6.07, 6.45) is 9.45. The van der Waals surface area contributed by atoms with Crippen LogP contribution in [0.1, 0.15) is 58.8 Å². The van der Waals surface area contributed by atoms with E-state index in [0.717, 1.165) is 18.8 Å². The summed E-state index contributed by atoms with van der Waals surface area (Å²) in [7, 11) is 0. The van der Waals surface area contributed by atoms with Crippen molar-refractivity contribution in [3.05, 3.63) is 0 Å². The Morgan fingerprint density at radius 2 is 1.74 bits per heavy atom. The van der Waals surface area contributed by atoms with Gasteiger partial charge in [0.1, 0.15) is 0 Å². The molecule has 0 spiro atoms. The lowest BCUT2D eigenvalue weighted by Gasteiger charge is -2.35. The summed E-state index contributed by atoms with van der Waals surface area (Å²) >= 11 is 0. The van der Waals surface area contributed by atoms with Crippen LogP contribution in [-0.4, -0.2) is 36.5 Å². The number of likely N-dealkylation sites (tertiary alicyclic amines) is 1. The van der Waals surface area contributed by atoms with Gasteiger partial charge in [-0.25, -0.2) is 0 Å². The molecule has 2 fully saturated rings. The third-order valence-corrected chi connectivity index (χ3v) is 4.70. The lowest BCUT2D eigenvalue weighted by Crippen LogP contribution is -2.46. The summed E-state index contributed by atoms with van der Waals surface area (Å²) in [5, 5.41) is 3.18. The normalized spacial score (nSPS) is 23.7. The molecule has 3 nitrogen and oxygen atoms in total. The number of carbonyl (C=O) groups is 1. The van der Waals surface area contributed by atoms with Crippen LogP contribution in [0.4, 0.5) is 0 Å². The summed E-state index contributed by atoms with van der Waals surface area (Å²) in [5.41, 5.74) is 0. The first-order valence-corrected chi connectivity index (χ1v) is 8.18. The van der Waals surface area contributed by atoms with Gasteiger partial charge in [0, 0.05) is 31.6 Å². The minimum absolute atomic E-state index is 0.111. The molecule has 0 radical (unpaired) electrons. The monoisotopic (exact) mass is 266 g/mol. The summed E-state index contributed by atoms with van der Waals surface area (Å²) in [6.45, 7) is 7.56. The maximum absolute atomic E-state index is 11.7. The van der Waals surface area contributed by atoms with Crippen LogP contribution in [0.3, 0.4) is 0 Å². The number of carbonyl (C=O) groups excluding carboxylic acids is 1. The van der Waals surface area contributed by atoms with E-state index in [4.69, 9.17) is 0 Å². The van der Waals surface area contributed by atoms with Crippen LogP contribution in [0.5, 0.6) is 0 Å². The van der Waals surface area contributed by atoms with Crippen molar-refractivity contribution in [2.24, 2.45) is 11.8 Å². The molecule has 0 aromatic carbocycles. The first-order valence-electron chi connectivity index (χ1n) is 8.18. The fraction of sp³-hybridized carbons (Fsp3) is 0.938. The second-order valence-corrected chi connectivity index (χ2v) is 6.74. The zero-order valence-electron chi connectivity index (χ0n) is 12.7. The Hall–Kier alpha value is -0.570. The van der Waals surface area contributed by atoms with Gasteiger partial charge in [-0.2, -0.15) is 0 Å². The maximum Gasteiger partial charge on any atom is 0.222 e. The Morgan fingerprint density at radius 1 is 1.11 bits per heavy atom. The van der Waals surface area contributed by atoms with E-state index >= 15 is 0 Å². The van der Waals surface area contributed by atoms with Gasteiger partial charge in [-0.1, -0.05) is 33.1 Å². The molecule has 110 valence electrons. The summed E-state index contributed by atoms with van der Waals surface area (Å²) in [6, 6.07) is 0.414. The van der Waals surface area contributed by atoms with Gasteiger partial charge in [0.05, 0.1) is 0 Å². The van der Waals surface area contributed by atoms with Crippen molar-refractivity contribution in [1.29, 1.82) is 0 Å². The molecule has 0 bridgehead atoms. The lowest BCUT2D eigenvalue weighted by atomic mass is 9.88. The first-order chi connectivity index (χ1) is 9.15. The Labute approximate surface area is 118 Å². The van der Waals surface area contributed by atoms with Crippen molar-refractivity contribution in [2.75, 3.05) is 19.6 Å². The molecule has 0 aromatic heterocycles. The molecule has 1 N–H and O–H groups in total. The molecule has 3 heteroatoms. The van der Waals surface area contributed by atoms with Gasteiger partial charge in [0.25, 0.3) is 0 Å². The van der Waals surface area contributed by atoms with Crippen LogP contribution in [0, 0.1) is 11.8 Å². The SMILES string of the molecule is CC(C)C(=O)NC1CCN(CC2CCCCC2)CC1. The fourth-order valence-corrected chi connectivity index (χ4v) is 3.36. The Balaban J connectivity index is 1.65. The number of piperidine rings is 1. The number of nitrogens with zero attached hydrogens (tertiary/aromatic N) is 1. The van der Waals surface area contributed by atoms with Gasteiger partial charge in [0.15, 0.2) is 0 Å². The molecule has 1 aliphatic heterocycles. The van der Waals surface area contributed by atoms with Crippen LogP contribution in [-0.2, 0) is 4.79 Å². The summed E-state index contributed by atoms with van der Waals surface area (Å²) in [4.78, 5) is 14.3. The first kappa shape index (κ1) is 14.8. The second-order valence-electron chi connectivity index (χ2n) is 6.74. The zero-order valence-corrected chi connectivity index (χ0v) is 12.7. The standard InChI is InChI=1S/C16H30N2O/c1-13(2)16(19)17-15-8-10-18(11-9-15)12-14-6-4-3-5-7-14/h13-15H,3-12H2,1-2H3,(H,17,19). The highest BCUT2D eigenvalue weighted by atomic mass is 16.1. The highest BCUT2D eigenvalue weighted by molar-refractivity contribution is 5.78. The number of amides is 1. The van der Waals surface area contributed by atoms with Crippen molar-refractivity contribution in [3.63, 3.8) is 0 Å². The largest absolute Gasteiger partial charge is 0.353 e. The van der Waals surface area contributed by atoms with E-state index in [2.05, 4.69) is 10.2 Å². The molecule has 0 unspecified atom stereocenters. The lowest BCUT2D eigenvalue weighted by molar-refractivity contribution is -0.125. The molecule has 1 saturated heterocycles. The Morgan fingerprint density at radius 3 is 2.32 bits per heavy atom. The zero-order chi connectivity index (χ0) is 13.7. The molecule has 1 heterocycles. The van der Waals surface area contributed by atoms with E-state index in [1.807, 2.05) is 13.8 Å². The Kier molecular flexibility index (Phi) is 5.68. The van der Waals surface area contributed by atoms with E-state index in [1.165, 1.54) is 51.7 Å². The van der Waals surface area contributed by atoms with E-state index in [9.17, 15) is 4.79 Å². The van der Waals surface area contributed by atoms with Crippen LogP contribution in [0.15, 0.2) is 0 Å². The van der Waals surface area contributed by atoms with E-state index in [1.54, 1.807) is 0 Å². The van der Waals surface area contributed by atoms with Crippen molar-refractivity contribution in [2.45, 2.75) is 64.8 Å². The van der Waals surface area contributed by atoms with Gasteiger partial charge in [-0.15, -0.1) is 0 Å². The van der Waals surface area contributed by atoms with E-state index < -0.39 is 0 Å².